The van der Waals surface area contributed by atoms with Crippen LogP contribution in [0.25, 0.3) is 0 Å². The van der Waals surface area contributed by atoms with Crippen LogP contribution in [0.15, 0.2) is 204 Å². The number of nitrogens with two attached hydrogens (primary N) is 3. The molecule has 0 atom stereocenters. The number of nitrogens with zero attached hydrogens (tertiary/aromatic N) is 2. The number of nitrogens with one attached hydrogen (secondary N) is 6. The van der Waals surface area contributed by atoms with Crippen LogP contribution in [0, 0.1) is 20.8 Å². The van der Waals surface area contributed by atoms with Crippen molar-refractivity contribution in [2.24, 2.45) is 27.2 Å². The molecule has 0 aliphatic rings. The standard InChI is InChI=1S/C16H20N2.C15H18N2.C14H16N2.C9H13N5/c1-13-7-3-5-9-15(13)17-11-12-18-16-10-6-4-8-14(16)2;1-3-8-14(9-4-1)16-12-7-13-17-15-10-5-2-6-11-15;1-3-7-13(8-4-1)15-11-12-16-14-9-5-2-6-10-14;1-6-4-2-3-5-7(6)13-9(12)14-8(10)11/h3-10,17-18H,11-12H2,1-2H3;1-6,8-11,16-17H,7,12-13H2;1-10,15-16H,11-12H2;2-5H,1H3,(H6,10,11,12,13,14). The van der Waals surface area contributed by atoms with E-state index in [1.54, 1.807) is 0 Å². The predicted octanol–water partition coefficient (Wildman–Crippen LogP) is 10.9. The number of anilines is 6. The van der Waals surface area contributed by atoms with Gasteiger partial charge in [-0.15, -0.1) is 0 Å². The van der Waals surface area contributed by atoms with Crippen LogP contribution in [0.3, 0.4) is 0 Å². The maximum atomic E-state index is 5.48. The predicted molar refractivity (Wildman–Crippen MR) is 282 cm³/mol. The third-order valence-corrected chi connectivity index (χ3v) is 9.53. The Morgan fingerprint density at radius 3 is 1.02 bits per heavy atom. The van der Waals surface area contributed by atoms with Gasteiger partial charge in [0.2, 0.25) is 5.96 Å². The monoisotopic (exact) mass is 870 g/mol. The molecule has 0 saturated carbocycles. The molecule has 0 fully saturated rings. The number of rotatable bonds is 17. The van der Waals surface area contributed by atoms with E-state index in [-0.39, 0.29) is 11.9 Å². The van der Waals surface area contributed by atoms with E-state index in [4.69, 9.17) is 17.2 Å². The summed E-state index contributed by atoms with van der Waals surface area (Å²) in [6.45, 7) is 11.8. The number of hydrogen-bond donors (Lipinski definition) is 9. The van der Waals surface area contributed by atoms with Crippen LogP contribution in [0.1, 0.15) is 23.1 Å². The number of para-hydroxylation sites is 7. The van der Waals surface area contributed by atoms with Gasteiger partial charge in [0.15, 0.2) is 5.96 Å². The first-order valence-corrected chi connectivity index (χ1v) is 22.0. The third kappa shape index (κ3) is 21.6. The highest BCUT2D eigenvalue weighted by Crippen LogP contribution is 2.17. The van der Waals surface area contributed by atoms with Crippen molar-refractivity contribution in [3.8, 4) is 0 Å². The van der Waals surface area contributed by atoms with Crippen LogP contribution >= 0.6 is 0 Å². The Morgan fingerprint density at radius 1 is 0.354 bits per heavy atom. The number of guanidine groups is 2. The van der Waals surface area contributed by atoms with E-state index in [0.29, 0.717) is 0 Å². The fourth-order valence-corrected chi connectivity index (χ4v) is 6.10. The summed E-state index contributed by atoms with van der Waals surface area (Å²) >= 11 is 0. The van der Waals surface area contributed by atoms with Crippen molar-refractivity contribution in [2.75, 3.05) is 71.2 Å². The molecule has 11 heteroatoms. The molecule has 338 valence electrons. The molecule has 0 aliphatic carbocycles. The summed E-state index contributed by atoms with van der Waals surface area (Å²) in [5.41, 5.74) is 27.3. The first-order chi connectivity index (χ1) is 31.8. The summed E-state index contributed by atoms with van der Waals surface area (Å²) in [4.78, 5) is 7.66. The summed E-state index contributed by atoms with van der Waals surface area (Å²) in [5.74, 6) is -0.0425. The minimum Gasteiger partial charge on any atom is -0.385 e. The van der Waals surface area contributed by atoms with Gasteiger partial charge in [-0.1, -0.05) is 127 Å². The Bertz CT molecular complexity index is 2240. The maximum absolute atomic E-state index is 5.48. The Morgan fingerprint density at radius 2 is 0.662 bits per heavy atom. The van der Waals surface area contributed by atoms with Gasteiger partial charge in [-0.05, 0) is 111 Å². The number of hydrogen-bond acceptors (Lipinski definition) is 7. The lowest BCUT2D eigenvalue weighted by Crippen LogP contribution is -2.26. The van der Waals surface area contributed by atoms with E-state index < -0.39 is 0 Å². The third-order valence-electron chi connectivity index (χ3n) is 9.53. The van der Waals surface area contributed by atoms with Gasteiger partial charge in [0.05, 0.1) is 5.69 Å². The zero-order valence-electron chi connectivity index (χ0n) is 38.1. The largest absolute Gasteiger partial charge is 0.385 e. The van der Waals surface area contributed by atoms with Crippen molar-refractivity contribution < 1.29 is 0 Å². The molecule has 0 aromatic heterocycles. The van der Waals surface area contributed by atoms with Gasteiger partial charge in [-0.25, -0.2) is 4.99 Å². The molecule has 0 radical (unpaired) electrons. The normalized spacial score (nSPS) is 10.2. The van der Waals surface area contributed by atoms with Crippen molar-refractivity contribution in [1.29, 1.82) is 0 Å². The molecule has 0 bridgehead atoms. The fraction of sp³-hybridized carbons (Fsp3) is 0.185. The molecule has 0 heterocycles. The quantitative estimate of drug-likeness (QED) is 0.0245. The van der Waals surface area contributed by atoms with E-state index in [9.17, 15) is 0 Å². The van der Waals surface area contributed by atoms with Gasteiger partial charge in [0.1, 0.15) is 0 Å². The summed E-state index contributed by atoms with van der Waals surface area (Å²) in [5, 5.41) is 20.4. The Balaban J connectivity index is 0.000000190. The van der Waals surface area contributed by atoms with Gasteiger partial charge < -0.3 is 49.1 Å². The fourth-order valence-electron chi connectivity index (χ4n) is 6.10. The van der Waals surface area contributed by atoms with Crippen LogP contribution in [-0.4, -0.2) is 51.2 Å². The summed E-state index contributed by atoms with van der Waals surface area (Å²) < 4.78 is 0. The summed E-state index contributed by atoms with van der Waals surface area (Å²) in [7, 11) is 0. The van der Waals surface area contributed by atoms with Crippen LogP contribution in [0.5, 0.6) is 0 Å². The van der Waals surface area contributed by atoms with Gasteiger partial charge in [0.25, 0.3) is 0 Å². The number of aryl methyl sites for hydroxylation is 3. The van der Waals surface area contributed by atoms with Crippen LogP contribution in [0.4, 0.5) is 39.8 Å². The molecule has 0 spiro atoms. The lowest BCUT2D eigenvalue weighted by atomic mass is 10.2. The molecule has 0 amide bonds. The Hall–Kier alpha value is -7.92. The first-order valence-electron chi connectivity index (χ1n) is 22.0. The van der Waals surface area contributed by atoms with E-state index in [0.717, 1.165) is 68.3 Å². The van der Waals surface area contributed by atoms with E-state index in [1.165, 1.54) is 33.9 Å². The minimum atomic E-state index is -0.0974. The first kappa shape index (κ1) is 49.7. The number of benzene rings is 7. The van der Waals surface area contributed by atoms with Gasteiger partial charge in [-0.3, -0.25) is 0 Å². The lowest BCUT2D eigenvalue weighted by Gasteiger charge is -2.12. The second-order valence-electron chi connectivity index (χ2n) is 14.8. The minimum absolute atomic E-state index is 0.0549. The second-order valence-corrected chi connectivity index (χ2v) is 14.8. The molecule has 7 aromatic carbocycles. The average molecular weight is 870 g/mol. The maximum Gasteiger partial charge on any atom is 0.223 e. The smallest absolute Gasteiger partial charge is 0.223 e. The van der Waals surface area contributed by atoms with Crippen molar-refractivity contribution in [3.63, 3.8) is 0 Å². The van der Waals surface area contributed by atoms with E-state index in [2.05, 4.69) is 153 Å². The van der Waals surface area contributed by atoms with Gasteiger partial charge in [-0.2, -0.15) is 4.99 Å². The molecule has 7 aromatic rings. The molecular formula is C54H67N11. The second kappa shape index (κ2) is 30.2. The molecule has 12 N–H and O–H groups in total. The van der Waals surface area contributed by atoms with Gasteiger partial charge in [0, 0.05) is 73.4 Å². The van der Waals surface area contributed by atoms with Crippen LogP contribution < -0.4 is 49.1 Å². The van der Waals surface area contributed by atoms with Crippen molar-refractivity contribution >= 4 is 51.7 Å². The highest BCUT2D eigenvalue weighted by Gasteiger charge is 1.98. The molecule has 11 nitrogen and oxygen atoms in total. The molecule has 0 saturated heterocycles. The topological polar surface area (TPSA) is 175 Å². The molecule has 0 unspecified atom stereocenters. The average Bonchev–Trinajstić information content (AvgIpc) is 3.33. The van der Waals surface area contributed by atoms with Crippen molar-refractivity contribution in [3.05, 3.63) is 211 Å². The summed E-state index contributed by atoms with van der Waals surface area (Å²) in [6, 6.07) is 65.3. The zero-order valence-corrected chi connectivity index (χ0v) is 38.1. The lowest BCUT2D eigenvalue weighted by molar-refractivity contribution is 0.909. The Kier molecular flexibility index (Phi) is 23.1. The summed E-state index contributed by atoms with van der Waals surface area (Å²) in [6.07, 6.45) is 1.10. The molecule has 7 rings (SSSR count). The zero-order chi connectivity index (χ0) is 46.2. The SMILES string of the molecule is Cc1ccccc1N=C(N)N=C(N)N.Cc1ccccc1NCCNc1ccccc1C.c1ccc(NCCCNc2ccccc2)cc1.c1ccc(NCCNc2ccccc2)cc1. The van der Waals surface area contributed by atoms with E-state index in [1.807, 2.05) is 104 Å². The van der Waals surface area contributed by atoms with E-state index >= 15 is 0 Å². The Labute approximate surface area is 386 Å². The molecule has 0 aliphatic heterocycles. The van der Waals surface area contributed by atoms with Crippen LogP contribution in [-0.2, 0) is 0 Å². The molecule has 65 heavy (non-hydrogen) atoms. The number of aliphatic imine (C=N–C) groups is 2. The highest BCUT2D eigenvalue weighted by molar-refractivity contribution is 5.93. The van der Waals surface area contributed by atoms with Gasteiger partial charge >= 0.3 is 0 Å². The van der Waals surface area contributed by atoms with Crippen molar-refractivity contribution in [1.82, 2.24) is 0 Å². The highest BCUT2D eigenvalue weighted by atomic mass is 15.1. The van der Waals surface area contributed by atoms with Crippen LogP contribution in [0.2, 0.25) is 0 Å². The van der Waals surface area contributed by atoms with Crippen molar-refractivity contribution in [2.45, 2.75) is 27.2 Å². The molecular weight excluding hydrogens is 803 g/mol.